The Hall–Kier alpha value is -1.40. The number of carbonyl (C=O) groups is 1. The van der Waals surface area contributed by atoms with Crippen LogP contribution in [0, 0.1) is 0 Å². The van der Waals surface area contributed by atoms with Gasteiger partial charge in [-0.05, 0) is 12.8 Å². The van der Waals surface area contributed by atoms with Gasteiger partial charge in [0.1, 0.15) is 0 Å². The average molecular weight is 264 g/mol. The first-order valence-electron chi connectivity index (χ1n) is 6.91. The second-order valence-corrected chi connectivity index (χ2v) is 5.60. The summed E-state index contributed by atoms with van der Waals surface area (Å²) in [6, 6.07) is 0.596. The molecule has 0 bridgehead atoms. The number of hydrogen-bond donors (Lipinski definition) is 2. The summed E-state index contributed by atoms with van der Waals surface area (Å²) in [5, 5.41) is 14.2. The molecule has 1 aliphatic heterocycles. The number of carbonyl (C=O) groups excluding carboxylic acids is 1. The van der Waals surface area contributed by atoms with Gasteiger partial charge in [-0.15, -0.1) is 0 Å². The van der Waals surface area contributed by atoms with Gasteiger partial charge in [0.2, 0.25) is 0 Å². The smallest absolute Gasteiger partial charge is 0.251 e. The van der Waals surface area contributed by atoms with Gasteiger partial charge < -0.3 is 10.8 Å². The summed E-state index contributed by atoms with van der Waals surface area (Å²) in [7, 11) is 0. The number of primary amides is 1. The largest absolute Gasteiger partial charge is 0.391 e. The van der Waals surface area contributed by atoms with E-state index in [0.717, 1.165) is 32.4 Å². The van der Waals surface area contributed by atoms with Crippen molar-refractivity contribution in [3.63, 3.8) is 0 Å². The fourth-order valence-electron chi connectivity index (χ4n) is 3.11. The Morgan fingerprint density at radius 1 is 1.37 bits per heavy atom. The van der Waals surface area contributed by atoms with Gasteiger partial charge in [-0.3, -0.25) is 14.4 Å². The predicted molar refractivity (Wildman–Crippen MR) is 69.6 cm³/mol. The standard InChI is InChI=1S/C13H20N4O2/c14-13(19)9-5-15-17(6-9)10-7-16(8-10)11-3-1-2-4-12(11)18/h5-6,10-12,18H,1-4,7-8H2,(H2,14,19). The lowest BCUT2D eigenvalue weighted by atomic mass is 9.89. The molecule has 2 heterocycles. The summed E-state index contributed by atoms with van der Waals surface area (Å²) in [6.07, 6.45) is 7.38. The van der Waals surface area contributed by atoms with Crippen LogP contribution in [0.4, 0.5) is 0 Å². The number of rotatable bonds is 3. The minimum Gasteiger partial charge on any atom is -0.391 e. The van der Waals surface area contributed by atoms with E-state index >= 15 is 0 Å². The molecular formula is C13H20N4O2. The third-order valence-electron chi connectivity index (χ3n) is 4.31. The zero-order valence-electron chi connectivity index (χ0n) is 10.9. The van der Waals surface area contributed by atoms with Gasteiger partial charge in [-0.25, -0.2) is 0 Å². The van der Waals surface area contributed by atoms with Gasteiger partial charge in [0.25, 0.3) is 5.91 Å². The molecule has 6 heteroatoms. The average Bonchev–Trinajstić information content (AvgIpc) is 2.79. The van der Waals surface area contributed by atoms with Crippen molar-refractivity contribution in [1.29, 1.82) is 0 Å². The quantitative estimate of drug-likeness (QED) is 0.813. The highest BCUT2D eigenvalue weighted by molar-refractivity contribution is 5.92. The number of aromatic nitrogens is 2. The maximum atomic E-state index is 11.0. The van der Waals surface area contributed by atoms with Crippen LogP contribution in [-0.4, -0.2) is 50.9 Å². The topological polar surface area (TPSA) is 84.4 Å². The molecule has 2 fully saturated rings. The third kappa shape index (κ3) is 2.37. The molecule has 6 nitrogen and oxygen atoms in total. The zero-order chi connectivity index (χ0) is 13.4. The lowest BCUT2D eigenvalue weighted by Gasteiger charge is -2.47. The van der Waals surface area contributed by atoms with Crippen molar-refractivity contribution in [1.82, 2.24) is 14.7 Å². The molecule has 0 aromatic carbocycles. The number of likely N-dealkylation sites (tertiary alicyclic amines) is 1. The lowest BCUT2D eigenvalue weighted by molar-refractivity contribution is -0.0342. The van der Waals surface area contributed by atoms with Crippen molar-refractivity contribution in [3.8, 4) is 0 Å². The Kier molecular flexibility index (Phi) is 3.28. The second kappa shape index (κ2) is 4.94. The van der Waals surface area contributed by atoms with E-state index in [4.69, 9.17) is 5.73 Å². The van der Waals surface area contributed by atoms with Crippen LogP contribution in [0.1, 0.15) is 42.1 Å². The molecule has 1 aromatic heterocycles. The summed E-state index contributed by atoms with van der Waals surface area (Å²) in [4.78, 5) is 13.3. The van der Waals surface area contributed by atoms with Crippen LogP contribution >= 0.6 is 0 Å². The molecule has 2 aliphatic rings. The summed E-state index contributed by atoms with van der Waals surface area (Å²) >= 11 is 0. The van der Waals surface area contributed by atoms with E-state index in [-0.39, 0.29) is 6.10 Å². The maximum Gasteiger partial charge on any atom is 0.251 e. The molecule has 104 valence electrons. The van der Waals surface area contributed by atoms with Gasteiger partial charge in [0.05, 0.1) is 23.9 Å². The molecule has 3 rings (SSSR count). The monoisotopic (exact) mass is 264 g/mol. The molecule has 2 atom stereocenters. The minimum atomic E-state index is -0.440. The summed E-state index contributed by atoms with van der Waals surface area (Å²) in [6.45, 7) is 1.78. The maximum absolute atomic E-state index is 11.0. The van der Waals surface area contributed by atoms with Crippen LogP contribution in [0.25, 0.3) is 0 Å². The SMILES string of the molecule is NC(=O)c1cnn(C2CN(C3CCCCC3O)C2)c1. The zero-order valence-corrected chi connectivity index (χ0v) is 10.9. The van der Waals surface area contributed by atoms with E-state index < -0.39 is 5.91 Å². The van der Waals surface area contributed by atoms with Crippen molar-refractivity contribution in [3.05, 3.63) is 18.0 Å². The van der Waals surface area contributed by atoms with Crippen LogP contribution in [-0.2, 0) is 0 Å². The minimum absolute atomic E-state index is 0.187. The van der Waals surface area contributed by atoms with Crippen LogP contribution in [0.2, 0.25) is 0 Å². The van der Waals surface area contributed by atoms with Gasteiger partial charge in [0.15, 0.2) is 0 Å². The summed E-state index contributed by atoms with van der Waals surface area (Å²) in [5.41, 5.74) is 5.67. The summed E-state index contributed by atoms with van der Waals surface area (Å²) in [5.74, 6) is -0.440. The molecule has 1 saturated carbocycles. The third-order valence-corrected chi connectivity index (χ3v) is 4.31. The van der Waals surface area contributed by atoms with Crippen LogP contribution in [0.3, 0.4) is 0 Å². The molecule has 0 spiro atoms. The number of nitrogens with two attached hydrogens (primary N) is 1. The van der Waals surface area contributed by atoms with E-state index in [1.165, 1.54) is 12.6 Å². The Bertz CT molecular complexity index is 467. The molecule has 1 aromatic rings. The first kappa shape index (κ1) is 12.6. The Morgan fingerprint density at radius 2 is 2.11 bits per heavy atom. The van der Waals surface area contributed by atoms with Crippen molar-refractivity contribution >= 4 is 5.91 Å². The van der Waals surface area contributed by atoms with E-state index in [2.05, 4.69) is 10.00 Å². The molecule has 0 radical (unpaired) electrons. The Balaban J connectivity index is 1.58. The predicted octanol–water partition coefficient (Wildman–Crippen LogP) is 0.142. The normalized spacial score (nSPS) is 29.1. The first-order valence-corrected chi connectivity index (χ1v) is 6.91. The molecule has 1 amide bonds. The number of amides is 1. The van der Waals surface area contributed by atoms with Crippen molar-refractivity contribution in [2.24, 2.45) is 5.73 Å². The molecule has 2 unspecified atom stereocenters. The van der Waals surface area contributed by atoms with E-state index in [9.17, 15) is 9.90 Å². The van der Waals surface area contributed by atoms with Gasteiger partial charge in [0, 0.05) is 25.3 Å². The van der Waals surface area contributed by atoms with Crippen LogP contribution in [0.15, 0.2) is 12.4 Å². The highest BCUT2D eigenvalue weighted by atomic mass is 16.3. The van der Waals surface area contributed by atoms with Gasteiger partial charge in [-0.2, -0.15) is 5.10 Å². The van der Waals surface area contributed by atoms with Gasteiger partial charge >= 0.3 is 0 Å². The molecule has 19 heavy (non-hydrogen) atoms. The van der Waals surface area contributed by atoms with E-state index in [1.807, 2.05) is 4.68 Å². The number of aliphatic hydroxyl groups is 1. The lowest BCUT2D eigenvalue weighted by Crippen LogP contribution is -2.57. The van der Waals surface area contributed by atoms with E-state index in [1.54, 1.807) is 6.20 Å². The Labute approximate surface area is 112 Å². The first-order chi connectivity index (χ1) is 9.15. The fraction of sp³-hybridized carbons (Fsp3) is 0.692. The van der Waals surface area contributed by atoms with E-state index in [0.29, 0.717) is 17.6 Å². The second-order valence-electron chi connectivity index (χ2n) is 5.60. The fourth-order valence-corrected chi connectivity index (χ4v) is 3.11. The number of nitrogens with zero attached hydrogens (tertiary/aromatic N) is 3. The van der Waals surface area contributed by atoms with Crippen molar-refractivity contribution in [2.45, 2.75) is 43.9 Å². The van der Waals surface area contributed by atoms with Crippen LogP contribution in [0.5, 0.6) is 0 Å². The van der Waals surface area contributed by atoms with Gasteiger partial charge in [-0.1, -0.05) is 12.8 Å². The summed E-state index contributed by atoms with van der Waals surface area (Å²) < 4.78 is 1.81. The highest BCUT2D eigenvalue weighted by Gasteiger charge is 2.37. The molecular weight excluding hydrogens is 244 g/mol. The Morgan fingerprint density at radius 3 is 2.74 bits per heavy atom. The molecule has 1 aliphatic carbocycles. The van der Waals surface area contributed by atoms with Crippen LogP contribution < -0.4 is 5.73 Å². The van der Waals surface area contributed by atoms with Crippen molar-refractivity contribution in [2.75, 3.05) is 13.1 Å². The number of aliphatic hydroxyl groups excluding tert-OH is 1. The molecule has 1 saturated heterocycles. The molecule has 3 N–H and O–H groups in total. The highest BCUT2D eigenvalue weighted by Crippen LogP contribution is 2.30. The van der Waals surface area contributed by atoms with Crippen molar-refractivity contribution < 1.29 is 9.90 Å². The number of hydrogen-bond acceptors (Lipinski definition) is 4.